The Morgan fingerprint density at radius 3 is 2.73 bits per heavy atom. The summed E-state index contributed by atoms with van der Waals surface area (Å²) in [5.74, 6) is 0. The van der Waals surface area contributed by atoms with E-state index >= 15 is 0 Å². The largest absolute Gasteiger partial charge is 0.314 e. The molecule has 0 saturated heterocycles. The van der Waals surface area contributed by atoms with Gasteiger partial charge < -0.3 is 4.84 Å². The van der Waals surface area contributed by atoms with Crippen LogP contribution in [0, 0.1) is 10.1 Å². The Morgan fingerprint density at radius 2 is 2.18 bits per heavy atom. The van der Waals surface area contributed by atoms with Crippen LogP contribution in [-0.4, -0.2) is 11.7 Å². The van der Waals surface area contributed by atoms with Crippen LogP contribution in [0.5, 0.6) is 0 Å². The maximum Gasteiger partial charge on any atom is 0.294 e. The molecule has 0 atom stereocenters. The molecule has 0 saturated carbocycles. The molecule has 0 amide bonds. The second kappa shape index (κ2) is 7.05. The van der Waals surface area contributed by atoms with E-state index in [9.17, 15) is 10.1 Å². The van der Waals surface area contributed by atoms with Crippen molar-refractivity contribution in [2.75, 3.05) is 6.61 Å². The Labute approximate surface area is 66.0 Å². The first-order valence-corrected chi connectivity index (χ1v) is 3.65. The van der Waals surface area contributed by atoms with Gasteiger partial charge in [0, 0.05) is 0 Å². The predicted octanol–water partition coefficient (Wildman–Crippen LogP) is 1.94. The highest BCUT2D eigenvalue weighted by atomic mass is 16.9. The highest BCUT2D eigenvalue weighted by Crippen LogP contribution is 1.99. The minimum absolute atomic E-state index is 0.212. The van der Waals surface area contributed by atoms with Gasteiger partial charge in [-0.05, 0) is 19.3 Å². The lowest BCUT2D eigenvalue weighted by Gasteiger charge is -1.96. The Kier molecular flexibility index (Phi) is 6.37. The van der Waals surface area contributed by atoms with E-state index < -0.39 is 5.09 Å². The molecule has 0 aliphatic rings. The van der Waals surface area contributed by atoms with Gasteiger partial charge >= 0.3 is 0 Å². The zero-order valence-corrected chi connectivity index (χ0v) is 6.49. The second-order valence-electron chi connectivity index (χ2n) is 2.19. The van der Waals surface area contributed by atoms with Crippen molar-refractivity contribution in [1.29, 1.82) is 0 Å². The summed E-state index contributed by atoms with van der Waals surface area (Å²) in [5.41, 5.74) is 0. The molecule has 0 aromatic rings. The van der Waals surface area contributed by atoms with Gasteiger partial charge in [0.2, 0.25) is 0 Å². The number of nitrogens with zero attached hydrogens (tertiary/aromatic N) is 1. The van der Waals surface area contributed by atoms with Gasteiger partial charge in [-0.2, -0.15) is 0 Å². The van der Waals surface area contributed by atoms with Gasteiger partial charge in [-0.1, -0.05) is 12.5 Å². The fourth-order valence-electron chi connectivity index (χ4n) is 0.707. The van der Waals surface area contributed by atoms with Gasteiger partial charge in [0.05, 0.1) is 6.61 Å². The summed E-state index contributed by atoms with van der Waals surface area (Å²) in [6, 6.07) is 0. The molecule has 4 nitrogen and oxygen atoms in total. The van der Waals surface area contributed by atoms with Crippen LogP contribution in [0.25, 0.3) is 0 Å². The standard InChI is InChI=1S/C7H13NO3/c1-2-3-4-5-6-7-11-8(9)10/h2H,1,3-7H2. The fourth-order valence-corrected chi connectivity index (χ4v) is 0.707. The number of rotatable bonds is 7. The van der Waals surface area contributed by atoms with E-state index in [1.807, 2.05) is 6.08 Å². The van der Waals surface area contributed by atoms with Crippen LogP contribution in [0.2, 0.25) is 0 Å². The Bertz CT molecular complexity index is 125. The first kappa shape index (κ1) is 9.94. The number of unbranched alkanes of at least 4 members (excludes halogenated alkanes) is 3. The molecule has 0 bridgehead atoms. The zero-order chi connectivity index (χ0) is 8.53. The Morgan fingerprint density at radius 1 is 1.45 bits per heavy atom. The summed E-state index contributed by atoms with van der Waals surface area (Å²) in [7, 11) is 0. The Balaban J connectivity index is 2.90. The van der Waals surface area contributed by atoms with Crippen molar-refractivity contribution in [3.05, 3.63) is 22.8 Å². The lowest BCUT2D eigenvalue weighted by molar-refractivity contribution is -0.757. The molecule has 0 spiro atoms. The quantitative estimate of drug-likeness (QED) is 0.247. The first-order valence-electron chi connectivity index (χ1n) is 3.65. The van der Waals surface area contributed by atoms with Gasteiger partial charge in [0.15, 0.2) is 0 Å². The number of allylic oxidation sites excluding steroid dienone is 1. The van der Waals surface area contributed by atoms with Gasteiger partial charge in [0.25, 0.3) is 5.09 Å². The van der Waals surface area contributed by atoms with E-state index in [0.29, 0.717) is 0 Å². The van der Waals surface area contributed by atoms with E-state index in [1.54, 1.807) is 0 Å². The van der Waals surface area contributed by atoms with Crippen LogP contribution in [0.1, 0.15) is 25.7 Å². The molecule has 64 valence electrons. The van der Waals surface area contributed by atoms with Gasteiger partial charge in [-0.25, -0.2) is 0 Å². The topological polar surface area (TPSA) is 52.4 Å². The minimum Gasteiger partial charge on any atom is -0.314 e. The zero-order valence-electron chi connectivity index (χ0n) is 6.49. The summed E-state index contributed by atoms with van der Waals surface area (Å²) < 4.78 is 0. The molecule has 4 heteroatoms. The van der Waals surface area contributed by atoms with Crippen molar-refractivity contribution in [2.24, 2.45) is 0 Å². The van der Waals surface area contributed by atoms with Crippen LogP contribution in [0.15, 0.2) is 12.7 Å². The molecule has 0 rings (SSSR count). The van der Waals surface area contributed by atoms with Gasteiger partial charge in [-0.15, -0.1) is 16.7 Å². The molecule has 0 radical (unpaired) electrons. The van der Waals surface area contributed by atoms with Crippen molar-refractivity contribution >= 4 is 0 Å². The molecular formula is C7H13NO3. The summed E-state index contributed by atoms with van der Waals surface area (Å²) in [6.07, 6.45) is 5.55. The molecule has 0 fully saturated rings. The number of hydrogen-bond donors (Lipinski definition) is 0. The maximum absolute atomic E-state index is 9.66. The van der Waals surface area contributed by atoms with E-state index in [4.69, 9.17) is 0 Å². The van der Waals surface area contributed by atoms with E-state index in [2.05, 4.69) is 11.4 Å². The monoisotopic (exact) mass is 159 g/mol. The summed E-state index contributed by atoms with van der Waals surface area (Å²) >= 11 is 0. The maximum atomic E-state index is 9.66. The lowest BCUT2D eigenvalue weighted by Crippen LogP contribution is -2.01. The normalized spacial score (nSPS) is 9.09. The average Bonchev–Trinajstić information content (AvgIpc) is 1.96. The van der Waals surface area contributed by atoms with Crippen LogP contribution in [-0.2, 0) is 4.84 Å². The van der Waals surface area contributed by atoms with Crippen molar-refractivity contribution in [1.82, 2.24) is 0 Å². The SMILES string of the molecule is C=CCCCCCO[N+](=O)[O-]. The van der Waals surface area contributed by atoms with Crippen LogP contribution in [0.4, 0.5) is 0 Å². The highest BCUT2D eigenvalue weighted by molar-refractivity contribution is 4.65. The molecular weight excluding hydrogens is 146 g/mol. The smallest absolute Gasteiger partial charge is 0.294 e. The summed E-state index contributed by atoms with van der Waals surface area (Å²) in [5, 5.41) is 8.90. The van der Waals surface area contributed by atoms with Crippen molar-refractivity contribution in [3.8, 4) is 0 Å². The molecule has 0 unspecified atom stereocenters. The van der Waals surface area contributed by atoms with Gasteiger partial charge in [-0.3, -0.25) is 0 Å². The fraction of sp³-hybridized carbons (Fsp3) is 0.714. The van der Waals surface area contributed by atoms with Crippen molar-refractivity contribution < 1.29 is 9.92 Å². The molecule has 0 N–H and O–H groups in total. The second-order valence-corrected chi connectivity index (χ2v) is 2.19. The van der Waals surface area contributed by atoms with E-state index in [-0.39, 0.29) is 6.61 Å². The Hall–Kier alpha value is -1.06. The molecule has 0 heterocycles. The third-order valence-electron chi connectivity index (χ3n) is 1.25. The molecule has 11 heavy (non-hydrogen) atoms. The van der Waals surface area contributed by atoms with E-state index in [1.165, 1.54) is 0 Å². The van der Waals surface area contributed by atoms with Crippen molar-refractivity contribution in [2.45, 2.75) is 25.7 Å². The molecule has 0 aliphatic heterocycles. The van der Waals surface area contributed by atoms with Gasteiger partial charge in [0.1, 0.15) is 0 Å². The number of hydrogen-bond acceptors (Lipinski definition) is 3. The summed E-state index contributed by atoms with van der Waals surface area (Å²) in [6.45, 7) is 3.78. The third kappa shape index (κ3) is 8.94. The van der Waals surface area contributed by atoms with Crippen LogP contribution < -0.4 is 0 Å². The predicted molar refractivity (Wildman–Crippen MR) is 41.6 cm³/mol. The first-order chi connectivity index (χ1) is 5.27. The van der Waals surface area contributed by atoms with Crippen molar-refractivity contribution in [3.63, 3.8) is 0 Å². The lowest BCUT2D eigenvalue weighted by atomic mass is 10.2. The molecule has 0 aromatic heterocycles. The van der Waals surface area contributed by atoms with Crippen LogP contribution in [0.3, 0.4) is 0 Å². The third-order valence-corrected chi connectivity index (χ3v) is 1.25. The summed E-state index contributed by atoms with van der Waals surface area (Å²) in [4.78, 5) is 13.8. The van der Waals surface area contributed by atoms with Crippen LogP contribution >= 0.6 is 0 Å². The van der Waals surface area contributed by atoms with E-state index in [0.717, 1.165) is 25.7 Å². The minimum atomic E-state index is -0.756. The highest BCUT2D eigenvalue weighted by Gasteiger charge is 1.92. The average molecular weight is 159 g/mol. The molecule has 0 aromatic carbocycles. The molecule has 0 aliphatic carbocycles.